The van der Waals surface area contributed by atoms with E-state index in [4.69, 9.17) is 9.84 Å². The molecule has 0 bridgehead atoms. The number of carboxylic acid groups (broad SMARTS) is 1. The van der Waals surface area contributed by atoms with E-state index in [1.165, 1.54) is 39.2 Å². The molecule has 1 aromatic heterocycles. The standard InChI is InChI=1S/C11H11F2NO3.C6H9F3O2/c12-11(13)3-9(4-11)17-8-1-7(2-10(15)16)5-14-6-8;1-5(2,3)11-4(10)6(7,8)9/h1,5-6,9H,2-4H2,(H,15,16);1-3H3. The summed E-state index contributed by atoms with van der Waals surface area (Å²) in [5.74, 6) is -5.41. The van der Waals surface area contributed by atoms with Crippen LogP contribution in [0.4, 0.5) is 22.0 Å². The second-order valence-electron chi connectivity index (χ2n) is 7.10. The summed E-state index contributed by atoms with van der Waals surface area (Å²) in [7, 11) is 0. The van der Waals surface area contributed by atoms with Crippen LogP contribution in [-0.2, 0) is 20.7 Å². The lowest BCUT2D eigenvalue weighted by Crippen LogP contribution is -2.43. The van der Waals surface area contributed by atoms with Gasteiger partial charge in [0.25, 0.3) is 5.92 Å². The first-order chi connectivity index (χ1) is 12.6. The first kappa shape index (κ1) is 23.6. The molecule has 158 valence electrons. The van der Waals surface area contributed by atoms with Crippen molar-refractivity contribution in [2.75, 3.05) is 0 Å². The third kappa shape index (κ3) is 8.96. The van der Waals surface area contributed by atoms with Gasteiger partial charge >= 0.3 is 18.1 Å². The SMILES string of the molecule is CC(C)(C)OC(=O)C(F)(F)F.O=C(O)Cc1cncc(OC2CC(F)(F)C2)c1. The molecule has 0 aromatic carbocycles. The number of pyridine rings is 1. The molecular formula is C17H20F5NO5. The molecule has 1 aliphatic rings. The molecule has 1 aliphatic carbocycles. The Morgan fingerprint density at radius 3 is 2.18 bits per heavy atom. The minimum atomic E-state index is -4.90. The molecule has 1 N–H and O–H groups in total. The summed E-state index contributed by atoms with van der Waals surface area (Å²) < 4.78 is 69.0. The van der Waals surface area contributed by atoms with Gasteiger partial charge in [0.2, 0.25) is 0 Å². The minimum absolute atomic E-state index is 0.162. The lowest BCUT2D eigenvalue weighted by atomic mass is 9.91. The first-order valence-corrected chi connectivity index (χ1v) is 8.08. The van der Waals surface area contributed by atoms with E-state index >= 15 is 0 Å². The van der Waals surface area contributed by atoms with Crippen molar-refractivity contribution in [1.29, 1.82) is 0 Å². The van der Waals surface area contributed by atoms with Crippen molar-refractivity contribution in [2.45, 2.75) is 63.8 Å². The predicted molar refractivity (Wildman–Crippen MR) is 86.1 cm³/mol. The Kier molecular flexibility index (Phi) is 7.32. The van der Waals surface area contributed by atoms with Crippen molar-refractivity contribution >= 4 is 11.9 Å². The number of ether oxygens (including phenoxy) is 2. The summed E-state index contributed by atoms with van der Waals surface area (Å²) >= 11 is 0. The number of aliphatic carboxylic acids is 1. The number of esters is 1. The van der Waals surface area contributed by atoms with Gasteiger partial charge in [0.15, 0.2) is 0 Å². The quantitative estimate of drug-likeness (QED) is 0.597. The summed E-state index contributed by atoms with van der Waals surface area (Å²) in [6, 6.07) is 1.51. The summed E-state index contributed by atoms with van der Waals surface area (Å²) in [6.45, 7) is 4.12. The molecule has 11 heteroatoms. The van der Waals surface area contributed by atoms with Crippen LogP contribution in [0.3, 0.4) is 0 Å². The number of hydrogen-bond donors (Lipinski definition) is 1. The number of alkyl halides is 5. The molecule has 0 amide bonds. The number of nitrogens with zero attached hydrogens (tertiary/aromatic N) is 1. The first-order valence-electron chi connectivity index (χ1n) is 8.08. The van der Waals surface area contributed by atoms with Crippen LogP contribution in [0.2, 0.25) is 0 Å². The van der Waals surface area contributed by atoms with Crippen LogP contribution < -0.4 is 4.74 Å². The van der Waals surface area contributed by atoms with E-state index in [0.717, 1.165) is 0 Å². The van der Waals surface area contributed by atoms with Crippen molar-refractivity contribution in [1.82, 2.24) is 4.98 Å². The van der Waals surface area contributed by atoms with E-state index in [-0.39, 0.29) is 19.3 Å². The zero-order valence-electron chi connectivity index (χ0n) is 15.3. The third-order valence-electron chi connectivity index (χ3n) is 3.11. The predicted octanol–water partition coefficient (Wildman–Crippen LogP) is 3.78. The molecule has 0 unspecified atom stereocenters. The van der Waals surface area contributed by atoms with Crippen LogP contribution in [0, 0.1) is 0 Å². The fraction of sp³-hybridized carbons (Fsp3) is 0.588. The Labute approximate surface area is 157 Å². The van der Waals surface area contributed by atoms with Crippen molar-refractivity contribution in [3.8, 4) is 5.75 Å². The molecule has 1 fully saturated rings. The number of halogens is 5. The van der Waals surface area contributed by atoms with E-state index in [9.17, 15) is 31.5 Å². The van der Waals surface area contributed by atoms with Crippen LogP contribution in [0.15, 0.2) is 18.5 Å². The van der Waals surface area contributed by atoms with Crippen molar-refractivity contribution in [3.63, 3.8) is 0 Å². The Hall–Kier alpha value is -2.46. The average Bonchev–Trinajstić information content (AvgIpc) is 2.42. The normalized spacial score (nSPS) is 16.3. The molecule has 1 aromatic rings. The molecule has 0 saturated heterocycles. The van der Waals surface area contributed by atoms with E-state index in [1.54, 1.807) is 0 Å². The van der Waals surface area contributed by atoms with E-state index in [2.05, 4.69) is 9.72 Å². The van der Waals surface area contributed by atoms with Gasteiger partial charge in [-0.25, -0.2) is 13.6 Å². The van der Waals surface area contributed by atoms with E-state index in [1.807, 2.05) is 0 Å². The lowest BCUT2D eigenvalue weighted by Gasteiger charge is -2.34. The Morgan fingerprint density at radius 1 is 1.21 bits per heavy atom. The van der Waals surface area contributed by atoms with Gasteiger partial charge in [-0.2, -0.15) is 13.2 Å². The second-order valence-corrected chi connectivity index (χ2v) is 7.10. The largest absolute Gasteiger partial charge is 0.490 e. The van der Waals surface area contributed by atoms with Crippen molar-refractivity contribution in [3.05, 3.63) is 24.0 Å². The minimum Gasteiger partial charge on any atom is -0.488 e. The maximum absolute atomic E-state index is 12.6. The van der Waals surface area contributed by atoms with Gasteiger partial charge in [-0.1, -0.05) is 0 Å². The number of hydrogen-bond acceptors (Lipinski definition) is 5. The number of aromatic nitrogens is 1. The van der Waals surface area contributed by atoms with Crippen LogP contribution in [0.1, 0.15) is 39.2 Å². The summed E-state index contributed by atoms with van der Waals surface area (Å²) in [4.78, 5) is 24.4. The molecule has 0 aliphatic heterocycles. The van der Waals surface area contributed by atoms with Crippen LogP contribution in [0.5, 0.6) is 5.75 Å². The average molecular weight is 413 g/mol. The highest BCUT2D eigenvalue weighted by Crippen LogP contribution is 2.39. The Morgan fingerprint density at radius 2 is 1.79 bits per heavy atom. The van der Waals surface area contributed by atoms with Gasteiger partial charge in [0.1, 0.15) is 17.5 Å². The van der Waals surface area contributed by atoms with Crippen molar-refractivity contribution < 1.29 is 46.1 Å². The highest BCUT2D eigenvalue weighted by molar-refractivity contribution is 5.76. The van der Waals surface area contributed by atoms with Crippen molar-refractivity contribution in [2.24, 2.45) is 0 Å². The smallest absolute Gasteiger partial charge is 0.488 e. The second kappa shape index (κ2) is 8.70. The van der Waals surface area contributed by atoms with Gasteiger partial charge in [0.05, 0.1) is 12.6 Å². The molecule has 0 atom stereocenters. The topological polar surface area (TPSA) is 85.7 Å². The van der Waals surface area contributed by atoms with Gasteiger partial charge in [-0.05, 0) is 32.4 Å². The van der Waals surface area contributed by atoms with Gasteiger partial charge < -0.3 is 14.6 Å². The molecule has 0 radical (unpaired) electrons. The Balaban J connectivity index is 0.000000311. The van der Waals surface area contributed by atoms with Crippen LogP contribution >= 0.6 is 0 Å². The molecule has 1 saturated carbocycles. The molecular weight excluding hydrogens is 393 g/mol. The zero-order chi connectivity index (χ0) is 21.8. The van der Waals surface area contributed by atoms with E-state index < -0.39 is 35.7 Å². The van der Waals surface area contributed by atoms with Crippen LogP contribution in [-0.4, -0.2) is 45.8 Å². The van der Waals surface area contributed by atoms with Crippen LogP contribution in [0.25, 0.3) is 0 Å². The summed E-state index contributed by atoms with van der Waals surface area (Å²) in [5.41, 5.74) is -0.604. The number of carbonyl (C=O) groups is 2. The number of carboxylic acids is 1. The highest BCUT2D eigenvalue weighted by atomic mass is 19.4. The Bertz CT molecular complexity index is 692. The fourth-order valence-electron chi connectivity index (χ4n) is 2.02. The molecule has 28 heavy (non-hydrogen) atoms. The maximum atomic E-state index is 12.6. The number of carbonyl (C=O) groups excluding carboxylic acids is 1. The molecule has 2 rings (SSSR count). The highest BCUT2D eigenvalue weighted by Gasteiger charge is 2.47. The zero-order valence-corrected chi connectivity index (χ0v) is 15.3. The maximum Gasteiger partial charge on any atom is 0.490 e. The van der Waals surface area contributed by atoms with Gasteiger partial charge in [0, 0.05) is 19.0 Å². The third-order valence-corrected chi connectivity index (χ3v) is 3.11. The van der Waals surface area contributed by atoms with Gasteiger partial charge in [-0.3, -0.25) is 9.78 Å². The molecule has 1 heterocycles. The molecule has 0 spiro atoms. The lowest BCUT2D eigenvalue weighted by molar-refractivity contribution is -0.210. The molecule has 6 nitrogen and oxygen atoms in total. The monoisotopic (exact) mass is 413 g/mol. The fourth-order valence-corrected chi connectivity index (χ4v) is 2.02. The van der Waals surface area contributed by atoms with E-state index in [0.29, 0.717) is 11.3 Å². The number of rotatable bonds is 4. The summed E-state index contributed by atoms with van der Waals surface area (Å²) in [5, 5.41) is 8.60. The summed E-state index contributed by atoms with van der Waals surface area (Å²) in [6.07, 6.45) is -3.35. The van der Waals surface area contributed by atoms with Gasteiger partial charge in [-0.15, -0.1) is 0 Å².